The Morgan fingerprint density at radius 2 is 1.68 bits per heavy atom. The fourth-order valence-electron chi connectivity index (χ4n) is 9.86. The normalized spacial score (nSPS) is 40.9. The van der Waals surface area contributed by atoms with Gasteiger partial charge in [-0.05, 0) is 123 Å². The van der Waals surface area contributed by atoms with Gasteiger partial charge >= 0.3 is 0 Å². The predicted octanol–water partition coefficient (Wildman–Crippen LogP) is 8.83. The Morgan fingerprint density at radius 1 is 0.946 bits per heavy atom. The molecule has 10 atom stereocenters. The number of aliphatic hydroxyl groups excluding tert-OH is 1. The monoisotopic (exact) mass is 506 g/mol. The Balaban J connectivity index is 1.39. The smallest absolute Gasteiger partial charge is 0.0720 e. The Morgan fingerprint density at radius 3 is 2.41 bits per heavy atom. The molecule has 0 aromatic heterocycles. The SMILES string of the molecule is CC1=C[C@H]2CC(OCc3ccccc3)C3C4CCC(C(C)CCC(O)C(C)C)C4(C)CCC3C2(C)CC1. The summed E-state index contributed by atoms with van der Waals surface area (Å²) >= 11 is 0. The van der Waals surface area contributed by atoms with E-state index >= 15 is 0 Å². The molecule has 5 rings (SSSR count). The van der Waals surface area contributed by atoms with Crippen LogP contribution in [-0.2, 0) is 11.3 Å². The highest BCUT2D eigenvalue weighted by Crippen LogP contribution is 2.68. The van der Waals surface area contributed by atoms with Gasteiger partial charge in [0.15, 0.2) is 0 Å². The highest BCUT2D eigenvalue weighted by atomic mass is 16.5. The molecule has 1 aromatic carbocycles. The second kappa shape index (κ2) is 10.8. The third kappa shape index (κ3) is 5.11. The van der Waals surface area contributed by atoms with Gasteiger partial charge in [-0.15, -0.1) is 0 Å². The summed E-state index contributed by atoms with van der Waals surface area (Å²) in [6, 6.07) is 10.8. The van der Waals surface area contributed by atoms with Crippen molar-refractivity contribution in [1.29, 1.82) is 0 Å². The molecule has 3 fully saturated rings. The van der Waals surface area contributed by atoms with Gasteiger partial charge in [-0.2, -0.15) is 0 Å². The van der Waals surface area contributed by atoms with Gasteiger partial charge in [-0.25, -0.2) is 0 Å². The van der Waals surface area contributed by atoms with E-state index in [-0.39, 0.29) is 6.10 Å². The third-order valence-electron chi connectivity index (χ3n) is 12.2. The van der Waals surface area contributed by atoms with Gasteiger partial charge in [-0.1, -0.05) is 76.6 Å². The molecule has 3 saturated carbocycles. The molecule has 0 bridgehead atoms. The maximum Gasteiger partial charge on any atom is 0.0720 e. The number of benzene rings is 1. The summed E-state index contributed by atoms with van der Waals surface area (Å²) in [7, 11) is 0. The molecule has 9 unspecified atom stereocenters. The maximum absolute atomic E-state index is 10.5. The van der Waals surface area contributed by atoms with Crippen molar-refractivity contribution < 1.29 is 9.84 Å². The Labute approximate surface area is 227 Å². The quantitative estimate of drug-likeness (QED) is 0.357. The minimum Gasteiger partial charge on any atom is -0.393 e. The lowest BCUT2D eigenvalue weighted by Crippen LogP contribution is -2.58. The standard InChI is InChI=1S/C35H54O2/c1-23(2)31(36)15-12-25(4)28-13-14-29-33-30(17-19-35(28,29)6)34(5)18-16-24(3)20-27(34)21-32(33)37-22-26-10-8-7-9-11-26/h7-11,20,23,25,27-33,36H,12-19,21-22H2,1-6H3/t25?,27-,28?,29?,30?,31?,32?,33?,34?,35?/m0/s1. The zero-order valence-corrected chi connectivity index (χ0v) is 24.6. The van der Waals surface area contributed by atoms with Crippen LogP contribution in [0.3, 0.4) is 0 Å². The van der Waals surface area contributed by atoms with E-state index in [1.807, 2.05) is 0 Å². The summed E-state index contributed by atoms with van der Waals surface area (Å²) < 4.78 is 6.96. The minimum absolute atomic E-state index is 0.156. The molecule has 2 heteroatoms. The minimum atomic E-state index is -0.156. The average molecular weight is 507 g/mol. The summed E-state index contributed by atoms with van der Waals surface area (Å²) in [4.78, 5) is 0. The maximum atomic E-state index is 10.5. The molecule has 0 saturated heterocycles. The predicted molar refractivity (Wildman–Crippen MR) is 154 cm³/mol. The molecule has 0 aliphatic heterocycles. The van der Waals surface area contributed by atoms with Crippen LogP contribution in [0.25, 0.3) is 0 Å². The summed E-state index contributed by atoms with van der Waals surface area (Å²) in [5.41, 5.74) is 3.76. The van der Waals surface area contributed by atoms with Crippen molar-refractivity contribution in [3.63, 3.8) is 0 Å². The first kappa shape index (κ1) is 27.4. The van der Waals surface area contributed by atoms with Crippen LogP contribution in [0.5, 0.6) is 0 Å². The molecule has 0 spiro atoms. The van der Waals surface area contributed by atoms with Crippen molar-refractivity contribution in [3.8, 4) is 0 Å². The summed E-state index contributed by atoms with van der Waals surface area (Å²) in [6.45, 7) is 15.2. The second-order valence-electron chi connectivity index (χ2n) is 14.6. The largest absolute Gasteiger partial charge is 0.393 e. The van der Waals surface area contributed by atoms with E-state index in [1.165, 1.54) is 50.5 Å². The van der Waals surface area contributed by atoms with Crippen molar-refractivity contribution >= 4 is 0 Å². The fraction of sp³-hybridized carbons (Fsp3) is 0.771. The number of rotatable bonds is 8. The van der Waals surface area contributed by atoms with Gasteiger partial charge in [0.2, 0.25) is 0 Å². The summed E-state index contributed by atoms with van der Waals surface area (Å²) in [6.07, 6.45) is 14.3. The number of fused-ring (bicyclic) bond motifs is 5. The molecule has 0 heterocycles. The summed E-state index contributed by atoms with van der Waals surface area (Å²) in [5, 5.41) is 10.5. The molecule has 2 nitrogen and oxygen atoms in total. The van der Waals surface area contributed by atoms with Gasteiger partial charge in [0.25, 0.3) is 0 Å². The van der Waals surface area contributed by atoms with Gasteiger partial charge in [0.05, 0.1) is 18.8 Å². The first-order valence-corrected chi connectivity index (χ1v) is 15.6. The summed E-state index contributed by atoms with van der Waals surface area (Å²) in [5.74, 6) is 4.75. The molecule has 1 aromatic rings. The van der Waals surface area contributed by atoms with Gasteiger partial charge in [-0.3, -0.25) is 0 Å². The van der Waals surface area contributed by atoms with Crippen LogP contribution >= 0.6 is 0 Å². The van der Waals surface area contributed by atoms with Crippen LogP contribution in [0, 0.1) is 52.3 Å². The molecule has 0 radical (unpaired) electrons. The van der Waals surface area contributed by atoms with Crippen LogP contribution in [0.2, 0.25) is 0 Å². The van der Waals surface area contributed by atoms with E-state index in [9.17, 15) is 5.11 Å². The van der Waals surface area contributed by atoms with Crippen molar-refractivity contribution in [1.82, 2.24) is 0 Å². The van der Waals surface area contributed by atoms with E-state index < -0.39 is 0 Å². The van der Waals surface area contributed by atoms with Crippen molar-refractivity contribution in [2.45, 2.75) is 118 Å². The number of hydrogen-bond donors (Lipinski definition) is 1. The van der Waals surface area contributed by atoms with E-state index in [4.69, 9.17) is 4.74 Å². The fourth-order valence-corrected chi connectivity index (χ4v) is 9.86. The van der Waals surface area contributed by atoms with E-state index in [0.29, 0.717) is 40.6 Å². The average Bonchev–Trinajstić information content (AvgIpc) is 3.24. The first-order valence-electron chi connectivity index (χ1n) is 15.6. The molecular formula is C35H54O2. The number of ether oxygens (including phenoxy) is 1. The van der Waals surface area contributed by atoms with Crippen LogP contribution in [-0.4, -0.2) is 17.3 Å². The highest BCUT2D eigenvalue weighted by molar-refractivity contribution is 5.19. The van der Waals surface area contributed by atoms with E-state index in [0.717, 1.165) is 37.2 Å². The van der Waals surface area contributed by atoms with Crippen molar-refractivity contribution in [2.24, 2.45) is 52.3 Å². The number of aliphatic hydroxyl groups is 1. The molecule has 37 heavy (non-hydrogen) atoms. The Bertz CT molecular complexity index is 936. The van der Waals surface area contributed by atoms with E-state index in [2.05, 4.69) is 78.0 Å². The molecular weight excluding hydrogens is 452 g/mol. The molecule has 4 aliphatic carbocycles. The van der Waals surface area contributed by atoms with Gasteiger partial charge in [0, 0.05) is 0 Å². The van der Waals surface area contributed by atoms with Crippen LogP contribution < -0.4 is 0 Å². The first-order chi connectivity index (χ1) is 17.6. The van der Waals surface area contributed by atoms with E-state index in [1.54, 1.807) is 5.57 Å². The van der Waals surface area contributed by atoms with Gasteiger partial charge < -0.3 is 9.84 Å². The lowest BCUT2D eigenvalue weighted by atomic mass is 9.44. The van der Waals surface area contributed by atoms with Crippen LogP contribution in [0.15, 0.2) is 42.0 Å². The molecule has 206 valence electrons. The zero-order valence-electron chi connectivity index (χ0n) is 24.6. The lowest BCUT2D eigenvalue weighted by molar-refractivity contribution is -0.170. The topological polar surface area (TPSA) is 29.5 Å². The lowest BCUT2D eigenvalue weighted by Gasteiger charge is -2.62. The highest BCUT2D eigenvalue weighted by Gasteiger charge is 2.62. The Kier molecular flexibility index (Phi) is 8.01. The van der Waals surface area contributed by atoms with Gasteiger partial charge in [0.1, 0.15) is 0 Å². The molecule has 0 amide bonds. The third-order valence-corrected chi connectivity index (χ3v) is 12.2. The number of hydrogen-bond acceptors (Lipinski definition) is 2. The van der Waals surface area contributed by atoms with Crippen molar-refractivity contribution in [2.75, 3.05) is 0 Å². The van der Waals surface area contributed by atoms with Crippen molar-refractivity contribution in [3.05, 3.63) is 47.5 Å². The molecule has 4 aliphatic rings. The zero-order chi connectivity index (χ0) is 26.4. The Hall–Kier alpha value is -1.12. The van der Waals surface area contributed by atoms with Crippen LogP contribution in [0.4, 0.5) is 0 Å². The molecule has 1 N–H and O–H groups in total. The number of allylic oxidation sites excluding steroid dienone is 2. The second-order valence-corrected chi connectivity index (χ2v) is 14.6. The van der Waals surface area contributed by atoms with Crippen LogP contribution in [0.1, 0.15) is 105 Å².